The van der Waals surface area contributed by atoms with Gasteiger partial charge in [-0.05, 0) is 53.5 Å². The fraction of sp³-hybridized carbons (Fsp3) is 0.261. The molecule has 2 aromatic carbocycles. The van der Waals surface area contributed by atoms with Crippen LogP contribution in [0.3, 0.4) is 0 Å². The van der Waals surface area contributed by atoms with Crippen molar-refractivity contribution in [3.8, 4) is 5.75 Å². The zero-order valence-electron chi connectivity index (χ0n) is 17.9. The molecule has 0 saturated carbocycles. The summed E-state index contributed by atoms with van der Waals surface area (Å²) >= 11 is 3.43. The Kier molecular flexibility index (Phi) is 7.83. The van der Waals surface area contributed by atoms with E-state index in [4.69, 9.17) is 4.74 Å². The lowest BCUT2D eigenvalue weighted by molar-refractivity contribution is 0.0976. The number of nitrogens with zero attached hydrogens (tertiary/aromatic N) is 3. The molecule has 0 saturated heterocycles. The second-order valence-corrected chi connectivity index (χ2v) is 7.78. The number of anilines is 1. The normalized spacial score (nSPS) is 11.3. The number of carbonyl (C=O) groups is 1. The Morgan fingerprint density at radius 2 is 1.94 bits per heavy atom. The van der Waals surface area contributed by atoms with Gasteiger partial charge in [-0.2, -0.15) is 5.10 Å². The minimum absolute atomic E-state index is 0.271. The number of carbonyl (C=O) groups excluding carboxylic acids is 1. The topological polar surface area (TPSA) is 80.5 Å². The summed E-state index contributed by atoms with van der Waals surface area (Å²) < 4.78 is 8.05. The third-order valence-electron chi connectivity index (χ3n) is 4.62. The summed E-state index contributed by atoms with van der Waals surface area (Å²) in [6.07, 6.45) is 3.01. The van der Waals surface area contributed by atoms with Crippen molar-refractivity contribution in [2.75, 3.05) is 12.4 Å². The monoisotopic (exact) mass is 483 g/mol. The second-order valence-electron chi connectivity index (χ2n) is 6.93. The van der Waals surface area contributed by atoms with E-state index in [0.717, 1.165) is 24.2 Å². The molecule has 3 rings (SSSR count). The van der Waals surface area contributed by atoms with Gasteiger partial charge >= 0.3 is 0 Å². The van der Waals surface area contributed by atoms with Crippen molar-refractivity contribution >= 4 is 33.5 Å². The van der Waals surface area contributed by atoms with Gasteiger partial charge in [0.25, 0.3) is 5.91 Å². The standard InChI is InChI=1S/C23H26BrN5O2/c1-4-13-29-15-17(16(2)28-29)14-25-23(26-20-11-7-8-12-21(20)31-3)27-22(30)18-9-5-6-10-19(18)24/h5-12,15H,4,13-14H2,1-3H3,(H2,25,26,27,30). The molecular formula is C23H26BrN5O2. The lowest BCUT2D eigenvalue weighted by Gasteiger charge is -2.14. The fourth-order valence-electron chi connectivity index (χ4n) is 3.03. The maximum atomic E-state index is 12.9. The molecule has 1 aromatic heterocycles. The van der Waals surface area contributed by atoms with E-state index in [2.05, 4.69) is 43.6 Å². The molecule has 0 spiro atoms. The number of ether oxygens (including phenoxy) is 1. The van der Waals surface area contributed by atoms with Crippen LogP contribution in [-0.2, 0) is 13.1 Å². The van der Waals surface area contributed by atoms with Crippen LogP contribution in [0, 0.1) is 6.92 Å². The first-order valence-electron chi connectivity index (χ1n) is 10.0. The van der Waals surface area contributed by atoms with Crippen LogP contribution in [0.25, 0.3) is 0 Å². The number of nitrogens with one attached hydrogen (secondary N) is 2. The summed E-state index contributed by atoms with van der Waals surface area (Å²) in [5.74, 6) is 0.706. The predicted octanol–water partition coefficient (Wildman–Crippen LogP) is 4.77. The number of guanidine groups is 1. The molecule has 0 atom stereocenters. The van der Waals surface area contributed by atoms with Crippen molar-refractivity contribution < 1.29 is 9.53 Å². The number of aliphatic imine (C=N–C) groups is 1. The van der Waals surface area contributed by atoms with Crippen LogP contribution in [0.5, 0.6) is 5.75 Å². The van der Waals surface area contributed by atoms with Gasteiger partial charge in [0, 0.05) is 22.8 Å². The molecule has 162 valence electrons. The highest BCUT2D eigenvalue weighted by atomic mass is 79.9. The molecule has 7 nitrogen and oxygen atoms in total. The molecule has 0 radical (unpaired) electrons. The number of hydrogen-bond donors (Lipinski definition) is 2. The number of aromatic nitrogens is 2. The third kappa shape index (κ3) is 5.95. The van der Waals surface area contributed by atoms with E-state index in [1.807, 2.05) is 60.3 Å². The number of benzene rings is 2. The molecule has 1 heterocycles. The first-order valence-corrected chi connectivity index (χ1v) is 10.8. The quantitative estimate of drug-likeness (QED) is 0.374. The Labute approximate surface area is 190 Å². The molecule has 8 heteroatoms. The van der Waals surface area contributed by atoms with Crippen molar-refractivity contribution in [2.45, 2.75) is 33.4 Å². The molecule has 0 fully saturated rings. The van der Waals surface area contributed by atoms with Gasteiger partial charge in [-0.1, -0.05) is 31.2 Å². The summed E-state index contributed by atoms with van der Waals surface area (Å²) in [4.78, 5) is 17.5. The largest absolute Gasteiger partial charge is 0.495 e. The van der Waals surface area contributed by atoms with Gasteiger partial charge in [-0.15, -0.1) is 0 Å². The fourth-order valence-corrected chi connectivity index (χ4v) is 3.49. The summed E-state index contributed by atoms with van der Waals surface area (Å²) in [6, 6.07) is 14.7. The molecule has 0 bridgehead atoms. The Morgan fingerprint density at radius 3 is 2.68 bits per heavy atom. The molecule has 0 unspecified atom stereocenters. The summed E-state index contributed by atoms with van der Waals surface area (Å²) in [5, 5.41) is 10.6. The molecule has 2 N–H and O–H groups in total. The van der Waals surface area contributed by atoms with Gasteiger partial charge in [0.15, 0.2) is 0 Å². The van der Waals surface area contributed by atoms with Gasteiger partial charge in [0.05, 0.1) is 30.6 Å². The Bertz CT molecular complexity index is 1080. The molecule has 31 heavy (non-hydrogen) atoms. The predicted molar refractivity (Wildman–Crippen MR) is 127 cm³/mol. The van der Waals surface area contributed by atoms with E-state index in [1.54, 1.807) is 13.2 Å². The minimum atomic E-state index is -0.271. The zero-order chi connectivity index (χ0) is 22.2. The first kappa shape index (κ1) is 22.6. The lowest BCUT2D eigenvalue weighted by atomic mass is 10.2. The van der Waals surface area contributed by atoms with E-state index < -0.39 is 0 Å². The van der Waals surface area contributed by atoms with E-state index >= 15 is 0 Å². The molecule has 0 aliphatic carbocycles. The second kappa shape index (κ2) is 10.8. The van der Waals surface area contributed by atoms with Crippen LogP contribution in [0.15, 0.2) is 64.2 Å². The zero-order valence-corrected chi connectivity index (χ0v) is 19.4. The van der Waals surface area contributed by atoms with Crippen LogP contribution < -0.4 is 15.4 Å². The maximum absolute atomic E-state index is 12.9. The Balaban J connectivity index is 1.87. The van der Waals surface area contributed by atoms with Crippen LogP contribution in [0.1, 0.15) is 35.0 Å². The Hall–Kier alpha value is -3.13. The highest BCUT2D eigenvalue weighted by Gasteiger charge is 2.14. The molecule has 0 aliphatic heterocycles. The summed E-state index contributed by atoms with van der Waals surface area (Å²) in [6.45, 7) is 5.31. The minimum Gasteiger partial charge on any atom is -0.495 e. The highest BCUT2D eigenvalue weighted by molar-refractivity contribution is 9.10. The number of rotatable bonds is 7. The van der Waals surface area contributed by atoms with Gasteiger partial charge < -0.3 is 10.1 Å². The third-order valence-corrected chi connectivity index (χ3v) is 5.31. The van der Waals surface area contributed by atoms with E-state index in [9.17, 15) is 4.79 Å². The van der Waals surface area contributed by atoms with Crippen molar-refractivity contribution in [3.05, 3.63) is 76.0 Å². The highest BCUT2D eigenvalue weighted by Crippen LogP contribution is 2.23. The summed E-state index contributed by atoms with van der Waals surface area (Å²) in [5.41, 5.74) is 3.15. The Morgan fingerprint density at radius 1 is 1.19 bits per heavy atom. The van der Waals surface area contributed by atoms with Gasteiger partial charge in [0.2, 0.25) is 5.96 Å². The van der Waals surface area contributed by atoms with Gasteiger partial charge in [-0.3, -0.25) is 14.8 Å². The number of amides is 1. The van der Waals surface area contributed by atoms with Gasteiger partial charge in [0.1, 0.15) is 5.75 Å². The van der Waals surface area contributed by atoms with Crippen molar-refractivity contribution in [3.63, 3.8) is 0 Å². The van der Waals surface area contributed by atoms with E-state index in [1.165, 1.54) is 0 Å². The number of halogens is 1. The smallest absolute Gasteiger partial charge is 0.259 e. The van der Waals surface area contributed by atoms with Gasteiger partial charge in [-0.25, -0.2) is 4.99 Å². The van der Waals surface area contributed by atoms with Crippen LogP contribution >= 0.6 is 15.9 Å². The van der Waals surface area contributed by atoms with E-state index in [0.29, 0.717) is 34.0 Å². The average molecular weight is 484 g/mol. The van der Waals surface area contributed by atoms with E-state index in [-0.39, 0.29) is 5.91 Å². The van der Waals surface area contributed by atoms with Crippen LogP contribution in [0.4, 0.5) is 5.69 Å². The average Bonchev–Trinajstić information content (AvgIpc) is 3.12. The number of aryl methyl sites for hydroxylation is 2. The maximum Gasteiger partial charge on any atom is 0.259 e. The molecular weight excluding hydrogens is 458 g/mol. The lowest BCUT2D eigenvalue weighted by Crippen LogP contribution is -2.36. The van der Waals surface area contributed by atoms with Crippen LogP contribution in [0.2, 0.25) is 0 Å². The number of para-hydroxylation sites is 2. The number of methoxy groups -OCH3 is 1. The summed E-state index contributed by atoms with van der Waals surface area (Å²) in [7, 11) is 1.60. The molecule has 1 amide bonds. The van der Waals surface area contributed by atoms with Crippen molar-refractivity contribution in [1.82, 2.24) is 15.1 Å². The van der Waals surface area contributed by atoms with Crippen molar-refractivity contribution in [2.24, 2.45) is 4.99 Å². The first-order chi connectivity index (χ1) is 15.0. The molecule has 0 aliphatic rings. The SMILES string of the molecule is CCCn1cc(CN=C(NC(=O)c2ccccc2Br)Nc2ccccc2OC)c(C)n1. The van der Waals surface area contributed by atoms with Crippen molar-refractivity contribution in [1.29, 1.82) is 0 Å². The number of hydrogen-bond acceptors (Lipinski definition) is 4. The van der Waals surface area contributed by atoms with Crippen LogP contribution in [-0.4, -0.2) is 28.8 Å². The molecule has 3 aromatic rings.